The van der Waals surface area contributed by atoms with Crippen molar-refractivity contribution in [3.63, 3.8) is 0 Å². The zero-order valence-electron chi connectivity index (χ0n) is 16.6. The standard InChI is InChI=1S/C21H24N2O7/c1-29-19(27)11-17(14-3-2-4-15(25)9-14)21-20(28)18(26)10-16(30-21)12-22-5-7-23(13-24)8-6-22/h2-4,9-10,13,17,25,28H,5-8,11-12H2,1H3/t17-/m1/s1. The van der Waals surface area contributed by atoms with E-state index in [0.29, 0.717) is 44.0 Å². The lowest BCUT2D eigenvalue weighted by atomic mass is 9.92. The summed E-state index contributed by atoms with van der Waals surface area (Å²) < 4.78 is 10.6. The van der Waals surface area contributed by atoms with Gasteiger partial charge in [0, 0.05) is 32.2 Å². The molecule has 2 aromatic rings. The van der Waals surface area contributed by atoms with Crippen LogP contribution in [0, 0.1) is 0 Å². The summed E-state index contributed by atoms with van der Waals surface area (Å²) in [5, 5.41) is 20.2. The lowest BCUT2D eigenvalue weighted by Crippen LogP contribution is -2.45. The molecule has 1 aromatic carbocycles. The smallest absolute Gasteiger partial charge is 0.306 e. The number of phenols is 1. The molecule has 3 rings (SSSR count). The zero-order chi connectivity index (χ0) is 21.7. The van der Waals surface area contributed by atoms with Gasteiger partial charge in [-0.2, -0.15) is 0 Å². The molecule has 2 heterocycles. The number of ether oxygens (including phenoxy) is 1. The van der Waals surface area contributed by atoms with Gasteiger partial charge in [0.1, 0.15) is 11.5 Å². The van der Waals surface area contributed by atoms with E-state index in [1.807, 2.05) is 4.90 Å². The number of amides is 1. The van der Waals surface area contributed by atoms with Crippen LogP contribution in [0.3, 0.4) is 0 Å². The van der Waals surface area contributed by atoms with Gasteiger partial charge in [0.15, 0.2) is 5.76 Å². The second-order valence-electron chi connectivity index (χ2n) is 7.14. The van der Waals surface area contributed by atoms with Crippen molar-refractivity contribution in [2.75, 3.05) is 33.3 Å². The van der Waals surface area contributed by atoms with Crippen molar-refractivity contribution in [2.24, 2.45) is 0 Å². The normalized spacial score (nSPS) is 15.6. The van der Waals surface area contributed by atoms with Crippen molar-refractivity contribution in [1.29, 1.82) is 0 Å². The van der Waals surface area contributed by atoms with E-state index in [4.69, 9.17) is 9.15 Å². The van der Waals surface area contributed by atoms with Crippen LogP contribution >= 0.6 is 0 Å². The molecular formula is C21H24N2O7. The summed E-state index contributed by atoms with van der Waals surface area (Å²) in [7, 11) is 1.24. The van der Waals surface area contributed by atoms with Crippen LogP contribution in [-0.2, 0) is 20.9 Å². The highest BCUT2D eigenvalue weighted by atomic mass is 16.5. The SMILES string of the molecule is COC(=O)C[C@H](c1cccc(O)c1)c1oc(CN2CCN(C=O)CC2)cc(=O)c1O. The van der Waals surface area contributed by atoms with Gasteiger partial charge in [0.2, 0.25) is 17.6 Å². The number of nitrogens with zero attached hydrogens (tertiary/aromatic N) is 2. The summed E-state index contributed by atoms with van der Waals surface area (Å²) in [6.45, 7) is 2.72. The summed E-state index contributed by atoms with van der Waals surface area (Å²) in [4.78, 5) is 39.0. The summed E-state index contributed by atoms with van der Waals surface area (Å²) in [5.74, 6) is -1.69. The van der Waals surface area contributed by atoms with Crippen molar-refractivity contribution in [1.82, 2.24) is 9.80 Å². The molecule has 160 valence electrons. The Bertz CT molecular complexity index is 964. The maximum atomic E-state index is 12.4. The Labute approximate surface area is 173 Å². The van der Waals surface area contributed by atoms with E-state index in [0.717, 1.165) is 6.41 Å². The Morgan fingerprint density at radius 1 is 1.23 bits per heavy atom. The molecule has 1 aliphatic rings. The summed E-state index contributed by atoms with van der Waals surface area (Å²) in [6.07, 6.45) is 0.626. The Morgan fingerprint density at radius 3 is 2.60 bits per heavy atom. The lowest BCUT2D eigenvalue weighted by molar-refractivity contribution is -0.141. The minimum Gasteiger partial charge on any atom is -0.508 e. The van der Waals surface area contributed by atoms with Crippen LogP contribution < -0.4 is 5.43 Å². The Morgan fingerprint density at radius 2 is 1.97 bits per heavy atom. The van der Waals surface area contributed by atoms with E-state index >= 15 is 0 Å². The van der Waals surface area contributed by atoms with Crippen molar-refractivity contribution in [3.8, 4) is 11.5 Å². The molecule has 9 nitrogen and oxygen atoms in total. The predicted octanol–water partition coefficient (Wildman–Crippen LogP) is 1.02. The number of piperazine rings is 1. The third-order valence-corrected chi connectivity index (χ3v) is 5.12. The average Bonchev–Trinajstić information content (AvgIpc) is 2.75. The maximum Gasteiger partial charge on any atom is 0.306 e. The van der Waals surface area contributed by atoms with Gasteiger partial charge in [-0.1, -0.05) is 12.1 Å². The molecule has 9 heteroatoms. The molecule has 1 aliphatic heterocycles. The highest BCUT2D eigenvalue weighted by Gasteiger charge is 2.27. The Hall–Kier alpha value is -3.33. The molecule has 1 fully saturated rings. The topological polar surface area (TPSA) is 121 Å². The van der Waals surface area contributed by atoms with Crippen molar-refractivity contribution in [2.45, 2.75) is 18.9 Å². The first-order chi connectivity index (χ1) is 14.4. The van der Waals surface area contributed by atoms with Gasteiger partial charge in [0.25, 0.3) is 0 Å². The number of benzene rings is 1. The van der Waals surface area contributed by atoms with E-state index in [-0.39, 0.29) is 17.9 Å². The third kappa shape index (κ3) is 4.98. The van der Waals surface area contributed by atoms with Crippen LogP contribution in [0.4, 0.5) is 0 Å². The van der Waals surface area contributed by atoms with Gasteiger partial charge in [0.05, 0.1) is 26.0 Å². The fraction of sp³-hybridized carbons (Fsp3) is 0.381. The summed E-state index contributed by atoms with van der Waals surface area (Å²) in [5.41, 5.74) is -0.122. The molecule has 0 unspecified atom stereocenters. The predicted molar refractivity (Wildman–Crippen MR) is 106 cm³/mol. The number of hydrogen-bond acceptors (Lipinski definition) is 8. The van der Waals surface area contributed by atoms with Crippen LogP contribution in [0.5, 0.6) is 11.5 Å². The van der Waals surface area contributed by atoms with Crippen LogP contribution in [0.15, 0.2) is 39.5 Å². The number of rotatable bonds is 7. The molecule has 0 saturated carbocycles. The quantitative estimate of drug-likeness (QED) is 0.507. The molecule has 0 radical (unpaired) electrons. The summed E-state index contributed by atoms with van der Waals surface area (Å²) >= 11 is 0. The van der Waals surface area contributed by atoms with Gasteiger partial charge in [-0.05, 0) is 17.7 Å². The highest BCUT2D eigenvalue weighted by Crippen LogP contribution is 2.34. The van der Waals surface area contributed by atoms with Crippen molar-refractivity contribution < 1.29 is 29.0 Å². The largest absolute Gasteiger partial charge is 0.508 e. The van der Waals surface area contributed by atoms with Gasteiger partial charge >= 0.3 is 5.97 Å². The van der Waals surface area contributed by atoms with E-state index < -0.39 is 23.1 Å². The van der Waals surface area contributed by atoms with Crippen LogP contribution in [0.25, 0.3) is 0 Å². The Balaban J connectivity index is 1.94. The first kappa shape index (κ1) is 21.4. The fourth-order valence-corrected chi connectivity index (χ4v) is 3.47. The van der Waals surface area contributed by atoms with E-state index in [1.165, 1.54) is 25.3 Å². The molecule has 0 bridgehead atoms. The molecule has 0 aliphatic carbocycles. The molecular weight excluding hydrogens is 392 g/mol. The number of esters is 1. The van der Waals surface area contributed by atoms with Crippen LogP contribution in [0.2, 0.25) is 0 Å². The molecule has 2 N–H and O–H groups in total. The van der Waals surface area contributed by atoms with E-state index in [1.54, 1.807) is 17.0 Å². The zero-order valence-corrected chi connectivity index (χ0v) is 16.6. The average molecular weight is 416 g/mol. The second-order valence-corrected chi connectivity index (χ2v) is 7.14. The molecule has 1 atom stereocenters. The number of carbonyl (C=O) groups is 2. The van der Waals surface area contributed by atoms with Crippen LogP contribution in [0.1, 0.15) is 29.4 Å². The highest BCUT2D eigenvalue weighted by molar-refractivity contribution is 5.71. The number of phenolic OH excluding ortho intramolecular Hbond substituents is 1. The third-order valence-electron chi connectivity index (χ3n) is 5.12. The van der Waals surface area contributed by atoms with Gasteiger partial charge in [-0.15, -0.1) is 0 Å². The molecule has 30 heavy (non-hydrogen) atoms. The van der Waals surface area contributed by atoms with Gasteiger partial charge < -0.3 is 24.3 Å². The molecule has 0 spiro atoms. The monoisotopic (exact) mass is 416 g/mol. The van der Waals surface area contributed by atoms with Gasteiger partial charge in [-0.25, -0.2) is 0 Å². The fourth-order valence-electron chi connectivity index (χ4n) is 3.47. The number of aromatic hydroxyl groups is 2. The minimum absolute atomic E-state index is 0.0200. The minimum atomic E-state index is -0.816. The number of hydrogen-bond donors (Lipinski definition) is 2. The lowest BCUT2D eigenvalue weighted by Gasteiger charge is -2.32. The maximum absolute atomic E-state index is 12.4. The molecule has 1 amide bonds. The van der Waals surface area contributed by atoms with Crippen molar-refractivity contribution >= 4 is 12.4 Å². The first-order valence-electron chi connectivity index (χ1n) is 9.54. The van der Waals surface area contributed by atoms with Crippen LogP contribution in [-0.4, -0.2) is 65.7 Å². The van der Waals surface area contributed by atoms with E-state index in [2.05, 4.69) is 0 Å². The van der Waals surface area contributed by atoms with Gasteiger partial charge in [-0.3, -0.25) is 19.3 Å². The first-order valence-corrected chi connectivity index (χ1v) is 9.54. The molecule has 1 saturated heterocycles. The molecule has 1 aromatic heterocycles. The summed E-state index contributed by atoms with van der Waals surface area (Å²) in [6, 6.07) is 7.41. The number of methoxy groups -OCH3 is 1. The van der Waals surface area contributed by atoms with Crippen molar-refractivity contribution in [3.05, 3.63) is 57.6 Å². The number of carbonyl (C=O) groups excluding carboxylic acids is 2. The van der Waals surface area contributed by atoms with E-state index in [9.17, 15) is 24.6 Å². The second kappa shape index (κ2) is 9.45. The Kier molecular flexibility index (Phi) is 6.73.